The summed E-state index contributed by atoms with van der Waals surface area (Å²) < 4.78 is 95.8. The largest absolute Gasteiger partial charge is 0.462 e. The lowest BCUT2D eigenvalue weighted by molar-refractivity contribution is 0.173. The molecular formula is C17H16F4O6S. The molecule has 0 amide bonds. The van der Waals surface area contributed by atoms with Crippen molar-refractivity contribution in [3.63, 3.8) is 0 Å². The maximum absolute atomic E-state index is 13.1. The van der Waals surface area contributed by atoms with Crippen LogP contribution < -0.4 is 18.9 Å². The minimum Gasteiger partial charge on any atom is -0.462 e. The Morgan fingerprint density at radius 1 is 0.750 bits per heavy atom. The summed E-state index contributed by atoms with van der Waals surface area (Å²) in [6.07, 6.45) is 0. The smallest absolute Gasteiger partial charge is 0.228 e. The molecule has 0 aliphatic carbocycles. The number of benzene rings is 2. The molecule has 0 unspecified atom stereocenters. The Balaban J connectivity index is 2.73. The molecule has 0 atom stereocenters. The molecule has 0 saturated heterocycles. The van der Waals surface area contributed by atoms with E-state index in [0.717, 1.165) is 24.3 Å². The predicted octanol–water partition coefficient (Wildman–Crippen LogP) is 4.05. The van der Waals surface area contributed by atoms with Gasteiger partial charge >= 0.3 is 0 Å². The van der Waals surface area contributed by atoms with Gasteiger partial charge in [-0.25, -0.2) is 26.0 Å². The Morgan fingerprint density at radius 3 is 1.54 bits per heavy atom. The maximum Gasteiger partial charge on any atom is 0.228 e. The third-order valence-corrected chi connectivity index (χ3v) is 5.44. The molecular weight excluding hydrogens is 408 g/mol. The van der Waals surface area contributed by atoms with E-state index in [1.165, 1.54) is 13.0 Å². The fraction of sp³-hybridized carbons (Fsp3) is 0.294. The number of rotatable bonds is 10. The minimum absolute atomic E-state index is 0.155. The molecule has 0 N–H and O–H groups in total. The summed E-state index contributed by atoms with van der Waals surface area (Å²) in [5.41, 5.74) is 0.155. The van der Waals surface area contributed by atoms with Crippen molar-refractivity contribution in [2.24, 2.45) is 0 Å². The average molecular weight is 424 g/mol. The highest BCUT2D eigenvalue weighted by molar-refractivity contribution is 7.91. The van der Waals surface area contributed by atoms with Crippen molar-refractivity contribution < 1.29 is 44.9 Å². The number of halogens is 4. The van der Waals surface area contributed by atoms with Crippen molar-refractivity contribution in [3.8, 4) is 23.0 Å². The van der Waals surface area contributed by atoms with Gasteiger partial charge < -0.3 is 18.9 Å². The van der Waals surface area contributed by atoms with Gasteiger partial charge in [0.15, 0.2) is 4.90 Å². The van der Waals surface area contributed by atoms with Crippen molar-refractivity contribution in [1.82, 2.24) is 0 Å². The first-order chi connectivity index (χ1) is 13.4. The van der Waals surface area contributed by atoms with E-state index in [0.29, 0.717) is 0 Å². The Kier molecular flexibility index (Phi) is 7.32. The first kappa shape index (κ1) is 21.6. The molecule has 2 aromatic rings. The molecule has 2 rings (SSSR count). The zero-order valence-electron chi connectivity index (χ0n) is 14.6. The summed E-state index contributed by atoms with van der Waals surface area (Å²) in [5.74, 6) is -1.31. The zero-order chi connectivity index (χ0) is 20.7. The number of hydrogen-bond acceptors (Lipinski definition) is 6. The van der Waals surface area contributed by atoms with Crippen LogP contribution in [0.15, 0.2) is 40.1 Å². The Bertz CT molecular complexity index is 869. The average Bonchev–Trinajstić information content (AvgIpc) is 2.65. The van der Waals surface area contributed by atoms with E-state index in [-0.39, 0.29) is 17.1 Å². The monoisotopic (exact) mass is 424 g/mol. The molecule has 11 heteroatoms. The topological polar surface area (TPSA) is 71.1 Å². The van der Waals surface area contributed by atoms with Gasteiger partial charge in [0.2, 0.25) is 37.3 Å². The molecule has 2 aromatic carbocycles. The van der Waals surface area contributed by atoms with Crippen LogP contribution in [0.5, 0.6) is 23.0 Å². The molecule has 0 fully saturated rings. The Labute approximate surface area is 158 Å². The van der Waals surface area contributed by atoms with Crippen molar-refractivity contribution >= 4 is 9.84 Å². The molecule has 154 valence electrons. The zero-order valence-corrected chi connectivity index (χ0v) is 15.4. The molecule has 0 heterocycles. The van der Waals surface area contributed by atoms with E-state index in [2.05, 4.69) is 9.47 Å². The molecule has 0 aliphatic rings. The lowest BCUT2D eigenvalue weighted by atomic mass is 10.2. The van der Waals surface area contributed by atoms with Crippen LogP contribution in [0.1, 0.15) is 5.56 Å². The predicted molar refractivity (Wildman–Crippen MR) is 89.5 cm³/mol. The first-order valence-electron chi connectivity index (χ1n) is 7.68. The van der Waals surface area contributed by atoms with Crippen LogP contribution in [0.4, 0.5) is 17.6 Å². The van der Waals surface area contributed by atoms with Crippen LogP contribution in [0, 0.1) is 6.92 Å². The van der Waals surface area contributed by atoms with Gasteiger partial charge in [0.1, 0.15) is 23.0 Å². The third-order valence-electron chi connectivity index (χ3n) is 3.65. The highest BCUT2D eigenvalue weighted by Gasteiger charge is 2.29. The Hall–Kier alpha value is -2.69. The highest BCUT2D eigenvalue weighted by atomic mass is 32.2. The van der Waals surface area contributed by atoms with Gasteiger partial charge in [-0.15, -0.1) is 0 Å². The van der Waals surface area contributed by atoms with Crippen molar-refractivity contribution in [2.45, 2.75) is 16.7 Å². The second kappa shape index (κ2) is 9.49. The third kappa shape index (κ3) is 4.41. The van der Waals surface area contributed by atoms with Crippen LogP contribution in [-0.4, -0.2) is 35.9 Å². The molecule has 6 nitrogen and oxygen atoms in total. The SMILES string of the molecule is Cc1c(OCF)cc(S(=O)(=O)c2c(OCF)cccc2OCF)cc1OCF. The summed E-state index contributed by atoms with van der Waals surface area (Å²) in [7, 11) is -4.53. The van der Waals surface area contributed by atoms with Crippen molar-refractivity contribution in [2.75, 3.05) is 27.4 Å². The van der Waals surface area contributed by atoms with Crippen LogP contribution in [-0.2, 0) is 9.84 Å². The maximum atomic E-state index is 13.1. The van der Waals surface area contributed by atoms with Crippen molar-refractivity contribution in [3.05, 3.63) is 35.9 Å². The Morgan fingerprint density at radius 2 is 1.14 bits per heavy atom. The number of sulfone groups is 1. The van der Waals surface area contributed by atoms with E-state index < -0.39 is 58.6 Å². The molecule has 0 saturated carbocycles. The van der Waals surface area contributed by atoms with E-state index in [1.54, 1.807) is 0 Å². The van der Waals surface area contributed by atoms with Gasteiger partial charge in [-0.05, 0) is 31.2 Å². The van der Waals surface area contributed by atoms with Crippen LogP contribution >= 0.6 is 0 Å². The van der Waals surface area contributed by atoms with E-state index in [9.17, 15) is 26.0 Å². The van der Waals surface area contributed by atoms with Gasteiger partial charge in [0.25, 0.3) is 0 Å². The van der Waals surface area contributed by atoms with Crippen molar-refractivity contribution in [1.29, 1.82) is 0 Å². The van der Waals surface area contributed by atoms with E-state index >= 15 is 0 Å². The van der Waals surface area contributed by atoms with Gasteiger partial charge in [-0.1, -0.05) is 6.07 Å². The fourth-order valence-electron chi connectivity index (χ4n) is 2.43. The van der Waals surface area contributed by atoms with Crippen LogP contribution in [0.2, 0.25) is 0 Å². The minimum atomic E-state index is -4.53. The first-order valence-corrected chi connectivity index (χ1v) is 9.16. The summed E-state index contributed by atoms with van der Waals surface area (Å²) >= 11 is 0. The summed E-state index contributed by atoms with van der Waals surface area (Å²) in [6.45, 7) is -3.87. The molecule has 0 radical (unpaired) electrons. The molecule has 0 aliphatic heterocycles. The lowest BCUT2D eigenvalue weighted by Crippen LogP contribution is -2.10. The standard InChI is InChI=1S/C17H16F4O6S/c1-11-15(26-9-20)5-12(6-16(11)27-10-21)28(22,23)17-13(24-7-18)3-2-4-14(17)25-8-19/h2-6H,7-10H2,1H3. The quantitative estimate of drug-likeness (QED) is 0.536. The normalized spacial score (nSPS) is 11.2. The van der Waals surface area contributed by atoms with Crippen LogP contribution in [0.3, 0.4) is 0 Å². The molecule has 0 aromatic heterocycles. The molecule has 0 spiro atoms. The van der Waals surface area contributed by atoms with Gasteiger partial charge in [-0.3, -0.25) is 0 Å². The number of ether oxygens (including phenoxy) is 4. The number of alkyl halides is 4. The van der Waals surface area contributed by atoms with Gasteiger partial charge in [0, 0.05) is 5.56 Å². The van der Waals surface area contributed by atoms with Gasteiger partial charge in [0.05, 0.1) is 4.90 Å². The summed E-state index contributed by atoms with van der Waals surface area (Å²) in [5, 5.41) is 0. The van der Waals surface area contributed by atoms with E-state index in [1.807, 2.05) is 0 Å². The highest BCUT2D eigenvalue weighted by Crippen LogP contribution is 2.40. The van der Waals surface area contributed by atoms with E-state index in [4.69, 9.17) is 9.47 Å². The summed E-state index contributed by atoms with van der Waals surface area (Å²) in [4.78, 5) is -1.17. The summed E-state index contributed by atoms with van der Waals surface area (Å²) in [6, 6.07) is 5.51. The second-order valence-electron chi connectivity index (χ2n) is 5.15. The van der Waals surface area contributed by atoms with Crippen LogP contribution in [0.25, 0.3) is 0 Å². The molecule has 0 bridgehead atoms. The lowest BCUT2D eigenvalue weighted by Gasteiger charge is -2.17. The van der Waals surface area contributed by atoms with Gasteiger partial charge in [-0.2, -0.15) is 0 Å². The molecule has 28 heavy (non-hydrogen) atoms. The number of hydrogen-bond donors (Lipinski definition) is 0. The second-order valence-corrected chi connectivity index (χ2v) is 7.03. The fourth-order valence-corrected chi connectivity index (χ4v) is 3.98.